The summed E-state index contributed by atoms with van der Waals surface area (Å²) in [6.45, 7) is 0. The Balaban J connectivity index is 1.94. The van der Waals surface area contributed by atoms with Gasteiger partial charge >= 0.3 is 5.97 Å². The summed E-state index contributed by atoms with van der Waals surface area (Å²) in [5, 5.41) is 16.7. The molecule has 1 aromatic carbocycles. The number of H-pyrrole nitrogens is 1. The molecule has 0 atom stereocenters. The monoisotopic (exact) mass is 345 g/mol. The molecule has 1 aliphatic carbocycles. The predicted octanol–water partition coefficient (Wildman–Crippen LogP) is 2.48. The van der Waals surface area contributed by atoms with Gasteiger partial charge < -0.3 is 10.5 Å². The number of benzene rings is 1. The molecule has 0 aliphatic heterocycles. The first-order valence-electron chi connectivity index (χ1n) is 8.07. The first-order valence-corrected chi connectivity index (χ1v) is 8.07. The van der Waals surface area contributed by atoms with Gasteiger partial charge in [-0.1, -0.05) is 12.1 Å². The highest BCUT2D eigenvalue weighted by Crippen LogP contribution is 2.40. The molecule has 26 heavy (non-hydrogen) atoms. The predicted molar refractivity (Wildman–Crippen MR) is 95.1 cm³/mol. The first-order chi connectivity index (χ1) is 12.6. The number of pyridine rings is 1. The number of esters is 1. The van der Waals surface area contributed by atoms with E-state index in [0.717, 1.165) is 46.5 Å². The largest absolute Gasteiger partial charge is 0.465 e. The highest BCUT2D eigenvalue weighted by molar-refractivity contribution is 5.91. The van der Waals surface area contributed by atoms with Crippen LogP contribution in [0.25, 0.3) is 22.4 Å². The van der Waals surface area contributed by atoms with Crippen LogP contribution in [0.1, 0.15) is 27.2 Å². The van der Waals surface area contributed by atoms with Gasteiger partial charge in [-0.25, -0.2) is 9.78 Å². The van der Waals surface area contributed by atoms with Gasteiger partial charge in [-0.2, -0.15) is 10.4 Å². The average molecular weight is 345 g/mol. The topological polar surface area (TPSA) is 118 Å². The Labute approximate surface area is 149 Å². The van der Waals surface area contributed by atoms with Crippen molar-refractivity contribution in [2.75, 3.05) is 12.8 Å². The number of anilines is 1. The van der Waals surface area contributed by atoms with Crippen LogP contribution < -0.4 is 5.73 Å². The molecule has 0 radical (unpaired) electrons. The third-order valence-corrected chi connectivity index (χ3v) is 4.63. The van der Waals surface area contributed by atoms with Crippen LogP contribution >= 0.6 is 0 Å². The minimum Gasteiger partial charge on any atom is -0.465 e. The zero-order valence-corrected chi connectivity index (χ0v) is 14.0. The highest BCUT2D eigenvalue weighted by Gasteiger charge is 2.26. The lowest BCUT2D eigenvalue weighted by Gasteiger charge is -2.21. The van der Waals surface area contributed by atoms with Crippen LogP contribution in [0.2, 0.25) is 0 Å². The van der Waals surface area contributed by atoms with E-state index in [1.807, 2.05) is 0 Å². The number of aryl methyl sites for hydroxylation is 1. The third-order valence-electron chi connectivity index (χ3n) is 4.63. The Morgan fingerprint density at radius 1 is 1.31 bits per heavy atom. The molecule has 7 nitrogen and oxygen atoms in total. The molecule has 7 heteroatoms. The Hall–Kier alpha value is -3.66. The quantitative estimate of drug-likeness (QED) is 0.689. The lowest BCUT2D eigenvalue weighted by atomic mass is 9.85. The van der Waals surface area contributed by atoms with E-state index in [0.29, 0.717) is 11.1 Å². The number of nitrogens with one attached hydrogen (secondary N) is 1. The number of carbonyl (C=O) groups is 1. The number of nitriles is 1. The molecule has 0 unspecified atom stereocenters. The molecule has 3 N–H and O–H groups in total. The minimum atomic E-state index is -0.406. The van der Waals surface area contributed by atoms with Crippen molar-refractivity contribution >= 4 is 11.8 Å². The molecule has 0 bridgehead atoms. The van der Waals surface area contributed by atoms with E-state index in [1.165, 1.54) is 7.11 Å². The molecule has 128 valence electrons. The first kappa shape index (κ1) is 15.8. The maximum Gasteiger partial charge on any atom is 0.337 e. The number of nitrogen functional groups attached to an aromatic ring is 1. The molecule has 3 aromatic rings. The second-order valence-corrected chi connectivity index (χ2v) is 6.02. The van der Waals surface area contributed by atoms with Gasteiger partial charge in [0.1, 0.15) is 17.5 Å². The highest BCUT2D eigenvalue weighted by atomic mass is 16.5. The van der Waals surface area contributed by atoms with Crippen molar-refractivity contribution in [3.8, 4) is 28.5 Å². The van der Waals surface area contributed by atoms with Gasteiger partial charge in [0.05, 0.1) is 24.6 Å². The van der Waals surface area contributed by atoms with Gasteiger partial charge in [-0.15, -0.1) is 0 Å². The number of aromatic nitrogens is 3. The van der Waals surface area contributed by atoms with Crippen molar-refractivity contribution in [2.24, 2.45) is 0 Å². The molecule has 4 rings (SSSR count). The number of aromatic amines is 1. The van der Waals surface area contributed by atoms with Crippen molar-refractivity contribution in [2.45, 2.75) is 12.8 Å². The molecule has 0 spiro atoms. The zero-order chi connectivity index (χ0) is 18.3. The van der Waals surface area contributed by atoms with Gasteiger partial charge in [-0.05, 0) is 36.1 Å². The number of carbonyl (C=O) groups excluding carboxylic acids is 1. The number of hydrogen-bond acceptors (Lipinski definition) is 6. The van der Waals surface area contributed by atoms with Crippen molar-refractivity contribution in [1.29, 1.82) is 5.26 Å². The number of fused-ring (bicyclic) bond motifs is 3. The van der Waals surface area contributed by atoms with Gasteiger partial charge in [0, 0.05) is 16.8 Å². The van der Waals surface area contributed by atoms with E-state index in [4.69, 9.17) is 10.5 Å². The summed E-state index contributed by atoms with van der Waals surface area (Å²) in [6.07, 6.45) is 3.24. The van der Waals surface area contributed by atoms with Gasteiger partial charge in [0.15, 0.2) is 0 Å². The summed E-state index contributed by atoms with van der Waals surface area (Å²) in [4.78, 5) is 16.1. The number of nitrogens with zero attached hydrogens (tertiary/aromatic N) is 3. The maximum atomic E-state index is 11.7. The molecule has 0 saturated carbocycles. The van der Waals surface area contributed by atoms with Gasteiger partial charge in [0.2, 0.25) is 0 Å². The Morgan fingerprint density at radius 3 is 2.77 bits per heavy atom. The van der Waals surface area contributed by atoms with Crippen LogP contribution in [0.5, 0.6) is 0 Å². The third kappa shape index (κ3) is 2.31. The summed E-state index contributed by atoms with van der Waals surface area (Å²) in [6, 6.07) is 9.13. The van der Waals surface area contributed by atoms with E-state index in [9.17, 15) is 10.1 Å². The summed E-state index contributed by atoms with van der Waals surface area (Å²) in [5.74, 6) is -0.219. The molecule has 0 fully saturated rings. The summed E-state index contributed by atoms with van der Waals surface area (Å²) in [5.41, 5.74) is 12.1. The van der Waals surface area contributed by atoms with E-state index in [-0.39, 0.29) is 5.82 Å². The van der Waals surface area contributed by atoms with Gasteiger partial charge in [0.25, 0.3) is 0 Å². The summed E-state index contributed by atoms with van der Waals surface area (Å²) in [7, 11) is 1.34. The van der Waals surface area contributed by atoms with E-state index in [2.05, 4.69) is 21.3 Å². The van der Waals surface area contributed by atoms with Crippen molar-refractivity contribution in [3.63, 3.8) is 0 Å². The molecular formula is C19H15N5O2. The summed E-state index contributed by atoms with van der Waals surface area (Å²) < 4.78 is 4.73. The van der Waals surface area contributed by atoms with Crippen molar-refractivity contribution in [3.05, 3.63) is 52.8 Å². The number of nitrogens with two attached hydrogens (primary N) is 1. The number of hydrogen-bond donors (Lipinski definition) is 2. The lowest BCUT2D eigenvalue weighted by Crippen LogP contribution is -2.11. The number of methoxy groups -OCH3 is 1. The van der Waals surface area contributed by atoms with Crippen LogP contribution in [0.3, 0.4) is 0 Å². The Bertz CT molecular complexity index is 1060. The van der Waals surface area contributed by atoms with Crippen LogP contribution in [-0.2, 0) is 17.6 Å². The SMILES string of the molecule is COC(=O)c1ccc(-c2c(C#N)c(N)nc3c2CCc2[nH]ncc2-3)cc1. The van der Waals surface area contributed by atoms with Crippen molar-refractivity contribution < 1.29 is 9.53 Å². The molecule has 1 aliphatic rings. The van der Waals surface area contributed by atoms with Crippen LogP contribution in [0, 0.1) is 11.3 Å². The second kappa shape index (κ2) is 6.01. The lowest BCUT2D eigenvalue weighted by molar-refractivity contribution is 0.0601. The van der Waals surface area contributed by atoms with Crippen molar-refractivity contribution in [1.82, 2.24) is 15.2 Å². The molecular weight excluding hydrogens is 330 g/mol. The molecule has 2 aromatic heterocycles. The fourth-order valence-electron chi connectivity index (χ4n) is 3.39. The number of ether oxygens (including phenoxy) is 1. The maximum absolute atomic E-state index is 11.7. The molecule has 0 amide bonds. The van der Waals surface area contributed by atoms with Crippen LogP contribution in [0.15, 0.2) is 30.5 Å². The minimum absolute atomic E-state index is 0.187. The fourth-order valence-corrected chi connectivity index (χ4v) is 3.39. The Kier molecular flexibility index (Phi) is 3.66. The fraction of sp³-hybridized carbons (Fsp3) is 0.158. The van der Waals surface area contributed by atoms with Gasteiger partial charge in [-0.3, -0.25) is 5.10 Å². The Morgan fingerprint density at radius 2 is 2.08 bits per heavy atom. The summed E-state index contributed by atoms with van der Waals surface area (Å²) >= 11 is 0. The normalized spacial score (nSPS) is 12.0. The molecule has 0 saturated heterocycles. The zero-order valence-electron chi connectivity index (χ0n) is 14.0. The molecule has 2 heterocycles. The smallest absolute Gasteiger partial charge is 0.337 e. The van der Waals surface area contributed by atoms with Crippen LogP contribution in [-0.4, -0.2) is 28.3 Å². The van der Waals surface area contributed by atoms with Crippen LogP contribution in [0.4, 0.5) is 5.82 Å². The standard InChI is InChI=1S/C19H15N5O2/c1-26-19(25)11-4-2-10(3-5-11)16-12-6-7-15-14(9-22-24-15)17(12)23-18(21)13(16)8-20/h2-5,9H,6-7H2,1H3,(H2,21,23)(H,22,24). The van der Waals surface area contributed by atoms with E-state index < -0.39 is 5.97 Å². The van der Waals surface area contributed by atoms with E-state index >= 15 is 0 Å². The van der Waals surface area contributed by atoms with E-state index in [1.54, 1.807) is 30.5 Å². The average Bonchev–Trinajstić information content (AvgIpc) is 3.15. The second-order valence-electron chi connectivity index (χ2n) is 6.02. The number of rotatable bonds is 2.